The van der Waals surface area contributed by atoms with Crippen LogP contribution in [-0.4, -0.2) is 10.2 Å². The van der Waals surface area contributed by atoms with E-state index in [-0.39, 0.29) is 16.7 Å². The van der Waals surface area contributed by atoms with Crippen LogP contribution in [0.4, 0.5) is 0 Å². The molecule has 2 aromatic rings. The first-order chi connectivity index (χ1) is 12.8. The minimum atomic E-state index is -0.219. The Morgan fingerprint density at radius 1 is 0.786 bits per heavy atom. The molecule has 2 heteroatoms. The molecule has 0 aliphatic heterocycles. The molecule has 2 radical (unpaired) electrons. The molecule has 0 amide bonds. The molecule has 0 saturated heterocycles. The van der Waals surface area contributed by atoms with Crippen LogP contribution in [0.5, 0.6) is 11.5 Å². The third-order valence-electron chi connectivity index (χ3n) is 5.20. The molecule has 0 aromatic heterocycles. The summed E-state index contributed by atoms with van der Waals surface area (Å²) in [6.45, 7) is 18.9. The van der Waals surface area contributed by atoms with E-state index in [1.807, 2.05) is 13.8 Å². The van der Waals surface area contributed by atoms with Crippen molar-refractivity contribution in [2.24, 2.45) is 0 Å². The summed E-state index contributed by atoms with van der Waals surface area (Å²) in [5, 5.41) is 21.7. The highest BCUT2D eigenvalue weighted by Crippen LogP contribution is 2.46. The molecule has 0 aliphatic carbocycles. The molecule has 0 heterocycles. The van der Waals surface area contributed by atoms with Crippen LogP contribution in [0.1, 0.15) is 101 Å². The van der Waals surface area contributed by atoms with Crippen LogP contribution in [0.25, 0.3) is 0 Å². The van der Waals surface area contributed by atoms with Crippen molar-refractivity contribution in [2.75, 3.05) is 0 Å². The third kappa shape index (κ3) is 4.54. The van der Waals surface area contributed by atoms with Gasteiger partial charge in [0.15, 0.2) is 0 Å². The predicted octanol–water partition coefficient (Wildman–Crippen LogP) is 6.84. The maximum Gasteiger partial charge on any atom is 0.119 e. The van der Waals surface area contributed by atoms with Gasteiger partial charge in [0.1, 0.15) is 11.5 Å². The van der Waals surface area contributed by atoms with Gasteiger partial charge in [-0.2, -0.15) is 0 Å². The van der Waals surface area contributed by atoms with Crippen LogP contribution < -0.4 is 0 Å². The van der Waals surface area contributed by atoms with Gasteiger partial charge < -0.3 is 10.2 Å². The standard InChI is InChI=1S/C26H36O2/c1-10-11-18(19-12-16(2)14-21(27)23(19)25(4,5)6)20-13-17(3)15-22(28)24(20)26(7,8)9/h14-15,18,27-28H,10-11H2,1-9H3. The Balaban J connectivity index is 2.91. The molecule has 28 heavy (non-hydrogen) atoms. The van der Waals surface area contributed by atoms with Crippen LogP contribution in [0, 0.1) is 26.0 Å². The highest BCUT2D eigenvalue weighted by atomic mass is 16.3. The number of hydrogen-bond acceptors (Lipinski definition) is 2. The van der Waals surface area contributed by atoms with Crippen molar-refractivity contribution in [1.82, 2.24) is 0 Å². The van der Waals surface area contributed by atoms with Crippen molar-refractivity contribution in [3.63, 3.8) is 0 Å². The molecule has 0 spiro atoms. The first kappa shape index (κ1) is 22.3. The predicted molar refractivity (Wildman–Crippen MR) is 118 cm³/mol. The van der Waals surface area contributed by atoms with Crippen LogP contribution in [0.3, 0.4) is 0 Å². The summed E-state index contributed by atoms with van der Waals surface area (Å²) >= 11 is 0. The smallest absolute Gasteiger partial charge is 0.119 e. The molecule has 0 bridgehead atoms. The van der Waals surface area contributed by atoms with Gasteiger partial charge in [-0.3, -0.25) is 0 Å². The van der Waals surface area contributed by atoms with Gasteiger partial charge >= 0.3 is 0 Å². The lowest BCUT2D eigenvalue weighted by Crippen LogP contribution is -2.21. The largest absolute Gasteiger partial charge is 0.508 e. The van der Waals surface area contributed by atoms with Crippen molar-refractivity contribution in [3.8, 4) is 11.5 Å². The summed E-state index contributed by atoms with van der Waals surface area (Å²) in [5.74, 6) is 0.674. The average Bonchev–Trinajstić information content (AvgIpc) is 2.47. The molecule has 2 nitrogen and oxygen atoms in total. The zero-order chi connectivity index (χ0) is 21.4. The van der Waals surface area contributed by atoms with E-state index in [0.29, 0.717) is 11.5 Å². The van der Waals surface area contributed by atoms with E-state index in [0.717, 1.165) is 46.2 Å². The fraction of sp³-hybridized carbons (Fsp3) is 0.538. The Hall–Kier alpha value is -1.96. The molecule has 2 rings (SSSR count). The van der Waals surface area contributed by atoms with E-state index in [1.54, 1.807) is 12.1 Å². The lowest BCUT2D eigenvalue weighted by molar-refractivity contribution is 0.437. The van der Waals surface area contributed by atoms with Crippen LogP contribution in [-0.2, 0) is 10.8 Å². The Kier molecular flexibility index (Phi) is 6.23. The van der Waals surface area contributed by atoms with Crippen molar-refractivity contribution in [3.05, 3.63) is 57.6 Å². The first-order valence-corrected chi connectivity index (χ1v) is 10.3. The molecule has 152 valence electrons. The summed E-state index contributed by atoms with van der Waals surface area (Å²) in [7, 11) is 0. The zero-order valence-electron chi connectivity index (χ0n) is 19.0. The minimum Gasteiger partial charge on any atom is -0.508 e. The summed E-state index contributed by atoms with van der Waals surface area (Å²) in [6, 6.07) is 10.7. The molecule has 0 aliphatic rings. The van der Waals surface area contributed by atoms with Gasteiger partial charge in [-0.1, -0.05) is 54.9 Å². The van der Waals surface area contributed by atoms with Gasteiger partial charge in [0, 0.05) is 17.0 Å². The van der Waals surface area contributed by atoms with Gasteiger partial charge in [-0.15, -0.1) is 0 Å². The number of phenolic OH excluding ortho intramolecular Hbond substituents is 2. The quantitative estimate of drug-likeness (QED) is 0.609. The van der Waals surface area contributed by atoms with Crippen LogP contribution in [0.2, 0.25) is 0 Å². The lowest BCUT2D eigenvalue weighted by atomic mass is 9.72. The molecule has 0 atom stereocenters. The Morgan fingerprint density at radius 2 is 1.14 bits per heavy atom. The maximum atomic E-state index is 10.8. The summed E-state index contributed by atoms with van der Waals surface area (Å²) in [6.07, 6.45) is 1.90. The number of aryl methyl sites for hydroxylation is 2. The van der Waals surface area contributed by atoms with Gasteiger partial charge in [-0.05, 0) is 77.6 Å². The number of rotatable bonds is 4. The van der Waals surface area contributed by atoms with Crippen LogP contribution in [0.15, 0.2) is 12.1 Å². The van der Waals surface area contributed by atoms with Crippen molar-refractivity contribution < 1.29 is 10.2 Å². The molecule has 2 aromatic carbocycles. The SMILES string of the molecule is CCCC(c1[c]c(C)cc(O)c1C(C)(C)C)c1[c]c(C)cc(O)c1C(C)(C)C. The van der Waals surface area contributed by atoms with Crippen molar-refractivity contribution in [2.45, 2.75) is 91.9 Å². The van der Waals surface area contributed by atoms with E-state index < -0.39 is 0 Å². The minimum absolute atomic E-state index is 0.0186. The number of hydrogen-bond donors (Lipinski definition) is 2. The number of phenols is 2. The number of benzene rings is 2. The zero-order valence-corrected chi connectivity index (χ0v) is 19.0. The Morgan fingerprint density at radius 3 is 1.43 bits per heavy atom. The summed E-state index contributed by atoms with van der Waals surface area (Å²) in [4.78, 5) is 0. The fourth-order valence-corrected chi connectivity index (χ4v) is 4.27. The summed E-state index contributed by atoms with van der Waals surface area (Å²) < 4.78 is 0. The highest BCUT2D eigenvalue weighted by Gasteiger charge is 2.32. The van der Waals surface area contributed by atoms with Crippen LogP contribution >= 0.6 is 0 Å². The second kappa shape index (κ2) is 7.81. The molecule has 0 saturated carbocycles. The molecular formula is C26H36O2. The second-order valence-electron chi connectivity index (χ2n) is 10.1. The Labute approximate surface area is 171 Å². The van der Waals surface area contributed by atoms with Gasteiger partial charge in [0.25, 0.3) is 0 Å². The van der Waals surface area contributed by atoms with Crippen molar-refractivity contribution in [1.29, 1.82) is 0 Å². The van der Waals surface area contributed by atoms with E-state index in [9.17, 15) is 10.2 Å². The van der Waals surface area contributed by atoms with Gasteiger partial charge in [-0.25, -0.2) is 0 Å². The lowest BCUT2D eigenvalue weighted by Gasteiger charge is -2.32. The van der Waals surface area contributed by atoms with Crippen molar-refractivity contribution >= 4 is 0 Å². The summed E-state index contributed by atoms with van der Waals surface area (Å²) in [5.41, 5.74) is 5.34. The van der Waals surface area contributed by atoms with E-state index in [4.69, 9.17) is 0 Å². The highest BCUT2D eigenvalue weighted by molar-refractivity contribution is 5.55. The Bertz CT molecular complexity index is 779. The third-order valence-corrected chi connectivity index (χ3v) is 5.20. The first-order valence-electron chi connectivity index (χ1n) is 10.3. The molecular weight excluding hydrogens is 344 g/mol. The fourth-order valence-electron chi connectivity index (χ4n) is 4.27. The maximum absolute atomic E-state index is 10.8. The molecule has 2 N–H and O–H groups in total. The van der Waals surface area contributed by atoms with E-state index in [2.05, 4.69) is 60.6 Å². The molecule has 0 unspecified atom stereocenters. The number of aromatic hydroxyl groups is 2. The average molecular weight is 381 g/mol. The second-order valence-corrected chi connectivity index (χ2v) is 10.1. The normalized spacial score (nSPS) is 12.6. The molecule has 0 fully saturated rings. The van der Waals surface area contributed by atoms with E-state index in [1.165, 1.54) is 0 Å². The topological polar surface area (TPSA) is 40.5 Å². The van der Waals surface area contributed by atoms with Gasteiger partial charge in [0.05, 0.1) is 0 Å². The van der Waals surface area contributed by atoms with E-state index >= 15 is 0 Å². The monoisotopic (exact) mass is 380 g/mol. The van der Waals surface area contributed by atoms with Gasteiger partial charge in [0.2, 0.25) is 0 Å².